The predicted molar refractivity (Wildman–Crippen MR) is 146 cm³/mol. The summed E-state index contributed by atoms with van der Waals surface area (Å²) >= 11 is 0. The van der Waals surface area contributed by atoms with Crippen LogP contribution in [0, 0.1) is 35.5 Å². The third kappa shape index (κ3) is 3.75. The lowest BCUT2D eigenvalue weighted by Crippen LogP contribution is -2.50. The van der Waals surface area contributed by atoms with Crippen LogP contribution < -0.4 is 9.47 Å². The fraction of sp³-hybridized carbons (Fsp3) is 0.824. The van der Waals surface area contributed by atoms with E-state index in [2.05, 4.69) is 26.0 Å². The molecule has 0 aromatic heterocycles. The molecule has 4 atom stereocenters. The van der Waals surface area contributed by atoms with Gasteiger partial charge in [0.25, 0.3) is 0 Å². The van der Waals surface area contributed by atoms with Crippen molar-refractivity contribution in [3.05, 3.63) is 23.3 Å². The van der Waals surface area contributed by atoms with E-state index in [1.165, 1.54) is 93.9 Å². The molecule has 8 aliphatic carbocycles. The summed E-state index contributed by atoms with van der Waals surface area (Å²) in [5.74, 6) is 7.81. The van der Waals surface area contributed by atoms with Crippen LogP contribution in [0.4, 0.5) is 0 Å². The maximum absolute atomic E-state index is 7.19. The summed E-state index contributed by atoms with van der Waals surface area (Å²) < 4.78 is 25.4. The Hall–Kier alpha value is -1.26. The third-order valence-electron chi connectivity index (χ3n) is 12.7. The van der Waals surface area contributed by atoms with Crippen molar-refractivity contribution in [3.8, 4) is 11.5 Å². The summed E-state index contributed by atoms with van der Waals surface area (Å²) in [6.45, 7) is 6.14. The lowest BCUT2D eigenvalue weighted by Gasteiger charge is -2.59. The van der Waals surface area contributed by atoms with Crippen LogP contribution in [0.15, 0.2) is 12.1 Å². The molecule has 38 heavy (non-hydrogen) atoms. The monoisotopic (exact) mass is 518 g/mol. The van der Waals surface area contributed by atoms with Gasteiger partial charge in [-0.05, 0) is 149 Å². The number of hydrogen-bond donors (Lipinski definition) is 0. The van der Waals surface area contributed by atoms with Crippen LogP contribution >= 0.6 is 0 Å². The second-order valence-corrected chi connectivity index (χ2v) is 15.6. The molecule has 4 heteroatoms. The molecular formula is C34H46O4. The highest BCUT2D eigenvalue weighted by Gasteiger charge is 2.56. The summed E-state index contributed by atoms with van der Waals surface area (Å²) in [7, 11) is 0. The van der Waals surface area contributed by atoms with E-state index < -0.39 is 0 Å². The standard InChI is InChI=1S/C34H46O4/c1-19(30-17-35-30)37-27-9-28(33-11-21-3-22(12-33)5-23(4-21)13-33)32(38-20(2)31-18-36-31)29(10-27)34-14-24-6-25(15-34)8-26(7-24)16-34/h9-10,19-26,30-31H,3-8,11-18H2,1-2H3. The smallest absolute Gasteiger partial charge is 0.127 e. The molecule has 4 unspecified atom stereocenters. The van der Waals surface area contributed by atoms with Crippen LogP contribution in [0.25, 0.3) is 0 Å². The summed E-state index contributed by atoms with van der Waals surface area (Å²) in [4.78, 5) is 0. The Kier molecular flexibility index (Phi) is 5.03. The van der Waals surface area contributed by atoms with E-state index in [9.17, 15) is 0 Å². The van der Waals surface area contributed by atoms with E-state index >= 15 is 0 Å². The second kappa shape index (κ2) is 8.15. The van der Waals surface area contributed by atoms with Crippen molar-refractivity contribution >= 4 is 0 Å². The average Bonchev–Trinajstić information content (AvgIpc) is 3.76. The van der Waals surface area contributed by atoms with Crippen molar-refractivity contribution in [1.29, 1.82) is 0 Å². The molecule has 206 valence electrons. The highest BCUT2D eigenvalue weighted by Crippen LogP contribution is 2.66. The van der Waals surface area contributed by atoms with Gasteiger partial charge >= 0.3 is 0 Å². The topological polar surface area (TPSA) is 43.5 Å². The molecule has 2 saturated heterocycles. The van der Waals surface area contributed by atoms with E-state index in [0.29, 0.717) is 0 Å². The minimum atomic E-state index is 0.106. The number of ether oxygens (including phenoxy) is 4. The maximum Gasteiger partial charge on any atom is 0.127 e. The van der Waals surface area contributed by atoms with Crippen LogP contribution in [0.5, 0.6) is 11.5 Å². The molecular weight excluding hydrogens is 472 g/mol. The number of hydrogen-bond acceptors (Lipinski definition) is 4. The zero-order valence-electron chi connectivity index (χ0n) is 23.5. The zero-order valence-corrected chi connectivity index (χ0v) is 23.5. The van der Waals surface area contributed by atoms with Gasteiger partial charge in [0, 0.05) is 11.1 Å². The fourth-order valence-corrected chi connectivity index (χ4v) is 11.7. The highest BCUT2D eigenvalue weighted by atomic mass is 16.6. The minimum Gasteiger partial charge on any atom is -0.488 e. The van der Waals surface area contributed by atoms with Gasteiger partial charge in [-0.3, -0.25) is 0 Å². The average molecular weight is 519 g/mol. The van der Waals surface area contributed by atoms with Crippen molar-refractivity contribution in [2.45, 2.75) is 126 Å². The SMILES string of the molecule is CC(Oc1cc(C23CC4CC(CC(C4)C2)C3)c(OC(C)C2CO2)c(C23CC4CC(CC(C4)C2)C3)c1)C1CO1. The minimum absolute atomic E-state index is 0.106. The van der Waals surface area contributed by atoms with Crippen molar-refractivity contribution in [3.63, 3.8) is 0 Å². The van der Waals surface area contributed by atoms with E-state index in [4.69, 9.17) is 18.9 Å². The van der Waals surface area contributed by atoms with Gasteiger partial charge in [-0.1, -0.05) is 0 Å². The first-order valence-electron chi connectivity index (χ1n) is 16.2. The lowest BCUT2D eigenvalue weighted by atomic mass is 9.46. The van der Waals surface area contributed by atoms with Crippen molar-refractivity contribution in [1.82, 2.24) is 0 Å². The van der Waals surface area contributed by atoms with Gasteiger partial charge in [0.1, 0.15) is 35.9 Å². The molecule has 0 spiro atoms. The molecule has 10 aliphatic rings. The Balaban J connectivity index is 1.21. The zero-order chi connectivity index (χ0) is 25.2. The lowest BCUT2D eigenvalue weighted by molar-refractivity contribution is -0.0122. The van der Waals surface area contributed by atoms with Gasteiger partial charge in [0.05, 0.1) is 13.2 Å². The number of epoxide rings is 2. The molecule has 0 N–H and O–H groups in total. The summed E-state index contributed by atoms with van der Waals surface area (Å²) in [6.07, 6.45) is 17.7. The Morgan fingerprint density at radius 2 is 0.947 bits per heavy atom. The Morgan fingerprint density at radius 3 is 1.29 bits per heavy atom. The third-order valence-corrected chi connectivity index (χ3v) is 12.7. The van der Waals surface area contributed by atoms with E-state index in [1.807, 2.05) is 0 Å². The summed E-state index contributed by atoms with van der Waals surface area (Å²) in [5.41, 5.74) is 3.58. The Morgan fingerprint density at radius 1 is 0.605 bits per heavy atom. The Labute approximate surface area is 228 Å². The van der Waals surface area contributed by atoms with Gasteiger partial charge in [-0.15, -0.1) is 0 Å². The number of benzene rings is 1. The number of rotatable bonds is 8. The van der Waals surface area contributed by atoms with Crippen molar-refractivity contribution in [2.75, 3.05) is 13.2 Å². The van der Waals surface area contributed by atoms with Crippen molar-refractivity contribution in [2.24, 2.45) is 35.5 Å². The van der Waals surface area contributed by atoms with Crippen LogP contribution in [0.3, 0.4) is 0 Å². The van der Waals surface area contributed by atoms with Crippen LogP contribution in [-0.2, 0) is 20.3 Å². The van der Waals surface area contributed by atoms with Gasteiger partial charge < -0.3 is 18.9 Å². The quantitative estimate of drug-likeness (QED) is 0.349. The molecule has 11 rings (SSSR count). The first-order chi connectivity index (χ1) is 18.4. The molecule has 8 saturated carbocycles. The molecule has 10 fully saturated rings. The van der Waals surface area contributed by atoms with Gasteiger partial charge in [-0.25, -0.2) is 0 Å². The highest BCUT2D eigenvalue weighted by molar-refractivity contribution is 5.56. The van der Waals surface area contributed by atoms with Crippen LogP contribution in [0.1, 0.15) is 102 Å². The first-order valence-corrected chi connectivity index (χ1v) is 16.2. The summed E-state index contributed by atoms with van der Waals surface area (Å²) in [5, 5.41) is 0. The second-order valence-electron chi connectivity index (χ2n) is 15.6. The normalized spacial score (nSPS) is 48.7. The molecule has 8 bridgehead atoms. The largest absolute Gasteiger partial charge is 0.488 e. The van der Waals surface area contributed by atoms with E-state index in [0.717, 1.165) is 54.5 Å². The van der Waals surface area contributed by atoms with Crippen LogP contribution in [0.2, 0.25) is 0 Å². The summed E-state index contributed by atoms with van der Waals surface area (Å²) in [6, 6.07) is 4.93. The molecule has 1 aromatic rings. The molecule has 2 aliphatic heterocycles. The molecule has 4 nitrogen and oxygen atoms in total. The maximum atomic E-state index is 7.19. The Bertz CT molecular complexity index is 980. The van der Waals surface area contributed by atoms with Gasteiger partial charge in [0.2, 0.25) is 0 Å². The molecule has 0 amide bonds. The van der Waals surface area contributed by atoms with Crippen molar-refractivity contribution < 1.29 is 18.9 Å². The van der Waals surface area contributed by atoms with E-state index in [1.54, 1.807) is 0 Å². The fourth-order valence-electron chi connectivity index (χ4n) is 11.7. The molecule has 0 radical (unpaired) electrons. The van der Waals surface area contributed by atoms with Crippen LogP contribution in [-0.4, -0.2) is 37.6 Å². The molecule has 1 aromatic carbocycles. The van der Waals surface area contributed by atoms with Gasteiger partial charge in [-0.2, -0.15) is 0 Å². The van der Waals surface area contributed by atoms with E-state index in [-0.39, 0.29) is 35.2 Å². The predicted octanol–water partition coefficient (Wildman–Crippen LogP) is 6.95. The first kappa shape index (κ1) is 23.4. The molecule has 2 heterocycles. The van der Waals surface area contributed by atoms with Gasteiger partial charge in [0.15, 0.2) is 0 Å².